The minimum atomic E-state index is 0.301. The summed E-state index contributed by atoms with van der Waals surface area (Å²) in [5.74, 6) is 0. The Bertz CT molecular complexity index is 255. The van der Waals surface area contributed by atoms with Crippen molar-refractivity contribution >= 4 is 0 Å². The third-order valence-electron chi connectivity index (χ3n) is 4.75. The molecule has 1 aliphatic rings. The van der Waals surface area contributed by atoms with Crippen molar-refractivity contribution in [3.63, 3.8) is 0 Å². The fourth-order valence-electron chi connectivity index (χ4n) is 3.43. The third-order valence-corrected chi connectivity index (χ3v) is 4.75. The largest absolute Gasteiger partial charge is 0.330 e. The van der Waals surface area contributed by atoms with E-state index in [9.17, 15) is 0 Å². The van der Waals surface area contributed by atoms with E-state index in [-0.39, 0.29) is 0 Å². The molecule has 0 unspecified atom stereocenters. The molecule has 0 aliphatic carbocycles. The van der Waals surface area contributed by atoms with Crippen molar-refractivity contribution < 1.29 is 0 Å². The van der Waals surface area contributed by atoms with Gasteiger partial charge in [0.1, 0.15) is 0 Å². The van der Waals surface area contributed by atoms with Crippen LogP contribution in [0.2, 0.25) is 0 Å². The van der Waals surface area contributed by atoms with E-state index in [1.807, 2.05) is 0 Å². The van der Waals surface area contributed by atoms with Crippen LogP contribution in [0, 0.1) is 0 Å². The molecule has 1 rings (SSSR count). The van der Waals surface area contributed by atoms with Crippen molar-refractivity contribution in [1.29, 1.82) is 0 Å². The second-order valence-electron chi connectivity index (χ2n) is 8.07. The number of piperidine rings is 1. The van der Waals surface area contributed by atoms with E-state index in [0.717, 1.165) is 32.5 Å². The molecule has 0 aromatic carbocycles. The van der Waals surface area contributed by atoms with E-state index in [4.69, 9.17) is 11.5 Å². The second kappa shape index (κ2) is 12.2. The fourth-order valence-corrected chi connectivity index (χ4v) is 3.43. The van der Waals surface area contributed by atoms with Crippen LogP contribution < -0.4 is 16.9 Å². The van der Waals surface area contributed by atoms with Gasteiger partial charge in [-0.25, -0.2) is 5.01 Å². The number of hydrogen-bond donors (Lipinski definition) is 3. The van der Waals surface area contributed by atoms with Crippen LogP contribution in [-0.2, 0) is 0 Å². The molecule has 0 spiro atoms. The van der Waals surface area contributed by atoms with E-state index in [1.54, 1.807) is 0 Å². The highest BCUT2D eigenvalue weighted by Gasteiger charge is 2.40. The molecule has 140 valence electrons. The highest BCUT2D eigenvalue weighted by Crippen LogP contribution is 2.36. The van der Waals surface area contributed by atoms with Gasteiger partial charge >= 0.3 is 0 Å². The maximum atomic E-state index is 5.28. The lowest BCUT2D eigenvalue weighted by Crippen LogP contribution is -2.64. The first kappa shape index (κ1) is 22.8. The Hall–Kier alpha value is -0.160. The summed E-state index contributed by atoms with van der Waals surface area (Å²) in [6, 6.07) is 0. The maximum absolute atomic E-state index is 5.28. The molecule has 4 heteroatoms. The normalized spacial score (nSPS) is 20.0. The zero-order valence-electron chi connectivity index (χ0n) is 16.6. The molecule has 1 saturated heterocycles. The van der Waals surface area contributed by atoms with Crippen LogP contribution >= 0.6 is 0 Å². The second-order valence-corrected chi connectivity index (χ2v) is 8.07. The smallest absolute Gasteiger partial charge is 0.0304 e. The SMILES string of the molecule is CCCCNN1C(C)(C)CCCC1(C)C.NCCCCCCN. The Morgan fingerprint density at radius 3 is 1.70 bits per heavy atom. The van der Waals surface area contributed by atoms with Crippen molar-refractivity contribution in [3.8, 4) is 0 Å². The number of rotatable bonds is 9. The van der Waals surface area contributed by atoms with Gasteiger partial charge in [-0.3, -0.25) is 5.43 Å². The summed E-state index contributed by atoms with van der Waals surface area (Å²) in [5, 5.41) is 2.50. The van der Waals surface area contributed by atoms with Gasteiger partial charge in [-0.05, 0) is 79.3 Å². The minimum Gasteiger partial charge on any atom is -0.330 e. The molecule has 0 bridgehead atoms. The molecule has 0 aromatic heterocycles. The molecule has 0 amide bonds. The summed E-state index contributed by atoms with van der Waals surface area (Å²) in [6.07, 6.45) is 11.3. The van der Waals surface area contributed by atoms with E-state index in [1.165, 1.54) is 44.9 Å². The van der Waals surface area contributed by atoms with Gasteiger partial charge in [0.05, 0.1) is 0 Å². The zero-order valence-corrected chi connectivity index (χ0v) is 16.6. The van der Waals surface area contributed by atoms with Crippen LogP contribution in [0.3, 0.4) is 0 Å². The average molecular weight is 329 g/mol. The van der Waals surface area contributed by atoms with Crippen molar-refractivity contribution in [2.24, 2.45) is 11.5 Å². The van der Waals surface area contributed by atoms with Crippen LogP contribution in [-0.4, -0.2) is 35.7 Å². The molecule has 0 saturated carbocycles. The first-order valence-corrected chi connectivity index (χ1v) is 9.76. The minimum absolute atomic E-state index is 0.301. The van der Waals surface area contributed by atoms with Gasteiger partial charge < -0.3 is 11.5 Å². The predicted molar refractivity (Wildman–Crippen MR) is 103 cm³/mol. The topological polar surface area (TPSA) is 67.3 Å². The molecule has 1 aliphatic heterocycles. The molecular formula is C19H44N4. The van der Waals surface area contributed by atoms with Gasteiger partial charge in [-0.1, -0.05) is 26.2 Å². The molecule has 1 heterocycles. The van der Waals surface area contributed by atoms with E-state index < -0.39 is 0 Å². The molecule has 0 atom stereocenters. The predicted octanol–water partition coefficient (Wildman–Crippen LogP) is 3.80. The monoisotopic (exact) mass is 328 g/mol. The Balaban J connectivity index is 0.000000515. The number of nitrogens with one attached hydrogen (secondary N) is 1. The molecule has 4 nitrogen and oxygen atoms in total. The first-order chi connectivity index (χ1) is 10.8. The summed E-state index contributed by atoms with van der Waals surface area (Å²) >= 11 is 0. The number of nitrogens with two attached hydrogens (primary N) is 2. The van der Waals surface area contributed by atoms with Gasteiger partial charge in [0, 0.05) is 17.6 Å². The van der Waals surface area contributed by atoms with Gasteiger partial charge in [0.25, 0.3) is 0 Å². The third kappa shape index (κ3) is 9.65. The van der Waals surface area contributed by atoms with Crippen molar-refractivity contribution in [3.05, 3.63) is 0 Å². The molecular weight excluding hydrogens is 284 g/mol. The molecule has 0 radical (unpaired) electrons. The molecule has 0 aromatic rings. The highest BCUT2D eigenvalue weighted by atomic mass is 15.6. The quantitative estimate of drug-likeness (QED) is 0.563. The molecule has 23 heavy (non-hydrogen) atoms. The fraction of sp³-hybridized carbons (Fsp3) is 1.00. The first-order valence-electron chi connectivity index (χ1n) is 9.76. The van der Waals surface area contributed by atoms with Crippen LogP contribution in [0.1, 0.15) is 92.4 Å². The molecule has 5 N–H and O–H groups in total. The lowest BCUT2D eigenvalue weighted by molar-refractivity contribution is -0.0700. The van der Waals surface area contributed by atoms with Gasteiger partial charge in [0.2, 0.25) is 0 Å². The summed E-state index contributed by atoms with van der Waals surface area (Å²) in [5.41, 5.74) is 14.8. The Labute approximate surface area is 145 Å². The van der Waals surface area contributed by atoms with Gasteiger partial charge in [-0.2, -0.15) is 0 Å². The number of nitrogens with zero attached hydrogens (tertiary/aromatic N) is 1. The number of hydrogen-bond acceptors (Lipinski definition) is 4. The lowest BCUT2D eigenvalue weighted by Gasteiger charge is -2.52. The zero-order chi connectivity index (χ0) is 17.8. The summed E-state index contributed by atoms with van der Waals surface area (Å²) < 4.78 is 0. The van der Waals surface area contributed by atoms with Gasteiger partial charge in [0.15, 0.2) is 0 Å². The Morgan fingerprint density at radius 2 is 1.30 bits per heavy atom. The Kier molecular flexibility index (Phi) is 12.2. The van der Waals surface area contributed by atoms with Crippen molar-refractivity contribution in [2.75, 3.05) is 19.6 Å². The van der Waals surface area contributed by atoms with Crippen LogP contribution in [0.25, 0.3) is 0 Å². The van der Waals surface area contributed by atoms with Crippen LogP contribution in [0.5, 0.6) is 0 Å². The van der Waals surface area contributed by atoms with E-state index in [0.29, 0.717) is 11.1 Å². The highest BCUT2D eigenvalue weighted by molar-refractivity contribution is 4.94. The average Bonchev–Trinajstić information content (AvgIpc) is 2.47. The summed E-state index contributed by atoms with van der Waals surface area (Å²) in [4.78, 5) is 0. The summed E-state index contributed by atoms with van der Waals surface area (Å²) in [6.45, 7) is 14.4. The van der Waals surface area contributed by atoms with Crippen molar-refractivity contribution in [1.82, 2.24) is 10.4 Å². The number of unbranched alkanes of at least 4 members (excludes halogenated alkanes) is 4. The standard InChI is InChI=1S/C13H28N2.C6H16N2/c1-6-7-11-14-15-12(2,3)9-8-10-13(15,4)5;7-5-3-1-2-4-6-8/h14H,6-11H2,1-5H3;1-8H2. The van der Waals surface area contributed by atoms with Crippen LogP contribution in [0.15, 0.2) is 0 Å². The number of hydrazine groups is 1. The Morgan fingerprint density at radius 1 is 0.826 bits per heavy atom. The van der Waals surface area contributed by atoms with Crippen molar-refractivity contribution in [2.45, 2.75) is 103 Å². The molecule has 1 fully saturated rings. The van der Waals surface area contributed by atoms with E-state index in [2.05, 4.69) is 45.1 Å². The van der Waals surface area contributed by atoms with Gasteiger partial charge in [-0.15, -0.1) is 0 Å². The lowest BCUT2D eigenvalue weighted by atomic mass is 9.81. The summed E-state index contributed by atoms with van der Waals surface area (Å²) in [7, 11) is 0. The van der Waals surface area contributed by atoms with E-state index >= 15 is 0 Å². The maximum Gasteiger partial charge on any atom is 0.0304 e. The van der Waals surface area contributed by atoms with Crippen LogP contribution in [0.4, 0.5) is 0 Å².